The van der Waals surface area contributed by atoms with Crippen LogP contribution in [-0.2, 0) is 10.2 Å². The van der Waals surface area contributed by atoms with Gasteiger partial charge in [-0.15, -0.1) is 10.2 Å². The van der Waals surface area contributed by atoms with Gasteiger partial charge in [-0.1, -0.05) is 75.0 Å². The van der Waals surface area contributed by atoms with Crippen LogP contribution in [0.25, 0.3) is 17.1 Å². The Morgan fingerprint density at radius 1 is 1.03 bits per heavy atom. The fraction of sp³-hybridized carbons (Fsp3) is 0.192. The molecule has 4 rings (SSSR count). The number of benzene rings is 3. The largest absolute Gasteiger partial charge is 0.322 e. The van der Waals surface area contributed by atoms with Gasteiger partial charge < -0.3 is 5.32 Å². The van der Waals surface area contributed by atoms with Crippen molar-refractivity contribution in [2.24, 2.45) is 0 Å². The maximum atomic E-state index is 14.1. The number of carbonyl (C=O) groups excluding carboxylic acids is 1. The van der Waals surface area contributed by atoms with Gasteiger partial charge in [0.2, 0.25) is 5.91 Å². The van der Waals surface area contributed by atoms with Crippen LogP contribution in [0.5, 0.6) is 0 Å². The second-order valence-electron chi connectivity index (χ2n) is 8.89. The molecule has 3 aromatic carbocycles. The van der Waals surface area contributed by atoms with Crippen LogP contribution in [0.2, 0.25) is 0 Å². The second-order valence-corrected chi connectivity index (χ2v) is 10.7. The Kier molecular flexibility index (Phi) is 7.37. The van der Waals surface area contributed by atoms with Crippen molar-refractivity contribution in [3.05, 3.63) is 88.4 Å². The molecule has 1 aromatic heterocycles. The van der Waals surface area contributed by atoms with E-state index in [1.54, 1.807) is 0 Å². The number of carbonyl (C=O) groups is 1. The zero-order chi connectivity index (χ0) is 25.2. The number of hydrogen-bond acceptors (Lipinski definition) is 4. The van der Waals surface area contributed by atoms with Crippen LogP contribution in [0, 0.1) is 11.6 Å². The quantitative estimate of drug-likeness (QED) is 0.259. The first-order valence-electron chi connectivity index (χ1n) is 10.8. The summed E-state index contributed by atoms with van der Waals surface area (Å²) in [7, 11) is 0. The summed E-state index contributed by atoms with van der Waals surface area (Å²) in [4.78, 5) is 12.6. The third-order valence-corrected chi connectivity index (χ3v) is 6.81. The number of halogens is 3. The molecule has 0 aliphatic rings. The van der Waals surface area contributed by atoms with Crippen LogP contribution in [-0.4, -0.2) is 26.4 Å². The molecule has 0 fully saturated rings. The van der Waals surface area contributed by atoms with Gasteiger partial charge in [0.05, 0.1) is 11.4 Å². The summed E-state index contributed by atoms with van der Waals surface area (Å²) < 4.78 is 29.4. The van der Waals surface area contributed by atoms with E-state index in [1.165, 1.54) is 17.3 Å². The van der Waals surface area contributed by atoms with Gasteiger partial charge in [-0.3, -0.25) is 9.36 Å². The third-order valence-electron chi connectivity index (χ3n) is 5.26. The van der Waals surface area contributed by atoms with Crippen molar-refractivity contribution in [1.82, 2.24) is 14.8 Å². The van der Waals surface area contributed by atoms with Crippen molar-refractivity contribution < 1.29 is 13.6 Å². The highest BCUT2D eigenvalue weighted by atomic mass is 79.9. The van der Waals surface area contributed by atoms with Crippen molar-refractivity contribution in [1.29, 1.82) is 0 Å². The van der Waals surface area contributed by atoms with Gasteiger partial charge in [0.1, 0.15) is 5.82 Å². The van der Waals surface area contributed by atoms with Crippen LogP contribution < -0.4 is 5.32 Å². The molecule has 0 unspecified atom stereocenters. The molecule has 9 heteroatoms. The maximum absolute atomic E-state index is 14.1. The Balaban J connectivity index is 1.60. The van der Waals surface area contributed by atoms with Crippen molar-refractivity contribution in [3.63, 3.8) is 0 Å². The van der Waals surface area contributed by atoms with E-state index in [4.69, 9.17) is 0 Å². The van der Waals surface area contributed by atoms with E-state index in [9.17, 15) is 13.6 Å². The van der Waals surface area contributed by atoms with Gasteiger partial charge in [0.25, 0.3) is 0 Å². The van der Waals surface area contributed by atoms with E-state index in [0.717, 1.165) is 23.4 Å². The van der Waals surface area contributed by atoms with Crippen molar-refractivity contribution in [3.8, 4) is 17.1 Å². The van der Waals surface area contributed by atoms with Crippen molar-refractivity contribution in [2.75, 3.05) is 11.1 Å². The Hall–Kier alpha value is -3.04. The molecular weight excluding hydrogens is 534 g/mol. The van der Waals surface area contributed by atoms with Gasteiger partial charge >= 0.3 is 0 Å². The lowest BCUT2D eigenvalue weighted by molar-refractivity contribution is -0.113. The first-order valence-corrected chi connectivity index (χ1v) is 12.6. The SMILES string of the molecule is CC(C)(C)c1ccc(-c2nnc(SCC(=O)Nc3c(F)cc(F)cc3Br)n2-c2ccccc2)cc1. The molecule has 180 valence electrons. The molecule has 0 aliphatic heterocycles. The monoisotopic (exact) mass is 556 g/mol. The number of hydrogen-bond donors (Lipinski definition) is 1. The molecule has 0 radical (unpaired) electrons. The number of thioether (sulfide) groups is 1. The van der Waals surface area contributed by atoms with Crippen LogP contribution in [0.1, 0.15) is 26.3 Å². The number of rotatable bonds is 6. The maximum Gasteiger partial charge on any atom is 0.234 e. The number of amides is 1. The smallest absolute Gasteiger partial charge is 0.234 e. The molecule has 0 atom stereocenters. The minimum atomic E-state index is -0.858. The number of nitrogens with zero attached hydrogens (tertiary/aromatic N) is 3. The Labute approximate surface area is 215 Å². The van der Waals surface area contributed by atoms with Gasteiger partial charge in [0.15, 0.2) is 16.8 Å². The minimum absolute atomic E-state index is 0.0268. The lowest BCUT2D eigenvalue weighted by Gasteiger charge is -2.19. The second kappa shape index (κ2) is 10.3. The topological polar surface area (TPSA) is 59.8 Å². The molecule has 0 saturated carbocycles. The van der Waals surface area contributed by atoms with E-state index in [2.05, 4.69) is 64.3 Å². The van der Waals surface area contributed by atoms with E-state index in [-0.39, 0.29) is 21.3 Å². The van der Waals surface area contributed by atoms with E-state index in [1.807, 2.05) is 47.0 Å². The number of para-hydroxylation sites is 1. The summed E-state index contributed by atoms with van der Waals surface area (Å²) in [5, 5.41) is 11.7. The molecule has 4 aromatic rings. The lowest BCUT2D eigenvalue weighted by atomic mass is 9.87. The summed E-state index contributed by atoms with van der Waals surface area (Å²) in [6.45, 7) is 6.47. The first-order chi connectivity index (χ1) is 16.6. The normalized spacial score (nSPS) is 11.5. The molecule has 1 heterocycles. The Morgan fingerprint density at radius 3 is 2.34 bits per heavy atom. The van der Waals surface area contributed by atoms with Gasteiger partial charge in [-0.25, -0.2) is 8.78 Å². The molecule has 5 nitrogen and oxygen atoms in total. The van der Waals surface area contributed by atoms with Crippen molar-refractivity contribution in [2.45, 2.75) is 31.3 Å². The van der Waals surface area contributed by atoms with E-state index >= 15 is 0 Å². The van der Waals surface area contributed by atoms with Gasteiger partial charge in [-0.2, -0.15) is 0 Å². The summed E-state index contributed by atoms with van der Waals surface area (Å²) in [5.41, 5.74) is 2.86. The standard InChI is InChI=1S/C26H23BrF2N4OS/c1-26(2,3)17-11-9-16(10-12-17)24-31-32-25(33(24)19-7-5-4-6-8-19)35-15-22(34)30-23-20(27)13-18(28)14-21(23)29/h4-14H,15H2,1-3H3,(H,30,34). The molecule has 0 aliphatic carbocycles. The van der Waals surface area contributed by atoms with Crippen LogP contribution >= 0.6 is 27.7 Å². The average molecular weight is 557 g/mol. The van der Waals surface area contributed by atoms with Crippen molar-refractivity contribution >= 4 is 39.3 Å². The molecular formula is C26H23BrF2N4OS. The summed E-state index contributed by atoms with van der Waals surface area (Å²) in [6, 6.07) is 19.6. The zero-order valence-electron chi connectivity index (χ0n) is 19.3. The fourth-order valence-electron chi connectivity index (χ4n) is 3.45. The van der Waals surface area contributed by atoms with Gasteiger partial charge in [0, 0.05) is 21.8 Å². The van der Waals surface area contributed by atoms with E-state index in [0.29, 0.717) is 11.0 Å². The summed E-state index contributed by atoms with van der Waals surface area (Å²) in [6.07, 6.45) is 0. The molecule has 35 heavy (non-hydrogen) atoms. The summed E-state index contributed by atoms with van der Waals surface area (Å²) >= 11 is 4.26. The molecule has 1 amide bonds. The average Bonchev–Trinajstić information content (AvgIpc) is 3.24. The first kappa shape index (κ1) is 25.1. The molecule has 0 bridgehead atoms. The van der Waals surface area contributed by atoms with Crippen LogP contribution in [0.4, 0.5) is 14.5 Å². The Morgan fingerprint density at radius 2 is 1.71 bits per heavy atom. The highest BCUT2D eigenvalue weighted by molar-refractivity contribution is 9.10. The third kappa shape index (κ3) is 5.79. The highest BCUT2D eigenvalue weighted by Gasteiger charge is 2.20. The van der Waals surface area contributed by atoms with Gasteiger partial charge in [-0.05, 0) is 45.1 Å². The zero-order valence-corrected chi connectivity index (χ0v) is 21.8. The molecule has 1 N–H and O–H groups in total. The lowest BCUT2D eigenvalue weighted by Crippen LogP contribution is -2.16. The minimum Gasteiger partial charge on any atom is -0.322 e. The molecule has 0 spiro atoms. The Bertz CT molecular complexity index is 1330. The predicted molar refractivity (Wildman–Crippen MR) is 139 cm³/mol. The number of anilines is 1. The summed E-state index contributed by atoms with van der Waals surface area (Å²) in [5.74, 6) is -1.45. The fourth-order valence-corrected chi connectivity index (χ4v) is 4.71. The highest BCUT2D eigenvalue weighted by Crippen LogP contribution is 2.31. The van der Waals surface area contributed by atoms with Crippen LogP contribution in [0.3, 0.4) is 0 Å². The number of nitrogens with one attached hydrogen (secondary N) is 1. The van der Waals surface area contributed by atoms with E-state index < -0.39 is 17.5 Å². The molecule has 0 saturated heterocycles. The number of aromatic nitrogens is 3. The van der Waals surface area contributed by atoms with Crippen LogP contribution in [0.15, 0.2) is 76.4 Å². The predicted octanol–water partition coefficient (Wildman–Crippen LogP) is 7.00.